The van der Waals surface area contributed by atoms with Gasteiger partial charge in [0.15, 0.2) is 0 Å². The standard InChI is InChI=1S/C27H31N3O4S/c1-21-11-10-16-24(17-21)30(35(3,33)34)20-26(31)29(19-23-14-8-5-9-15-23)25(27(32)28-2)18-22-12-6-4-7-13-22/h4-17,25H,18-20H2,1-3H3,(H,28,32)/t25-/m1/s1. The van der Waals surface area contributed by atoms with Crippen molar-refractivity contribution >= 4 is 27.5 Å². The van der Waals surface area contributed by atoms with E-state index in [0.717, 1.165) is 27.3 Å². The van der Waals surface area contributed by atoms with Gasteiger partial charge in [0.25, 0.3) is 0 Å². The molecule has 0 aliphatic heterocycles. The second-order valence-corrected chi connectivity index (χ2v) is 10.3. The summed E-state index contributed by atoms with van der Waals surface area (Å²) in [7, 11) is -2.23. The molecule has 0 heterocycles. The summed E-state index contributed by atoms with van der Waals surface area (Å²) in [6.45, 7) is 1.60. The third kappa shape index (κ3) is 7.16. The molecule has 3 aromatic carbocycles. The first-order valence-corrected chi connectivity index (χ1v) is 13.2. The number of aryl methyl sites for hydroxylation is 1. The largest absolute Gasteiger partial charge is 0.357 e. The van der Waals surface area contributed by atoms with Crippen LogP contribution in [0.5, 0.6) is 0 Å². The van der Waals surface area contributed by atoms with Gasteiger partial charge in [0.2, 0.25) is 21.8 Å². The Balaban J connectivity index is 2.00. The van der Waals surface area contributed by atoms with Gasteiger partial charge in [-0.1, -0.05) is 72.8 Å². The van der Waals surface area contributed by atoms with Gasteiger partial charge >= 0.3 is 0 Å². The summed E-state index contributed by atoms with van der Waals surface area (Å²) in [5.74, 6) is -0.787. The van der Waals surface area contributed by atoms with Gasteiger partial charge in [0, 0.05) is 20.0 Å². The molecule has 3 rings (SSSR count). The molecule has 1 atom stereocenters. The molecule has 7 nitrogen and oxygen atoms in total. The van der Waals surface area contributed by atoms with Crippen molar-refractivity contribution in [2.24, 2.45) is 0 Å². The number of rotatable bonds is 10. The SMILES string of the molecule is CNC(=O)[C@@H](Cc1ccccc1)N(Cc1ccccc1)C(=O)CN(c1cccc(C)c1)S(C)(=O)=O. The zero-order valence-corrected chi connectivity index (χ0v) is 21.0. The number of nitrogens with zero attached hydrogens (tertiary/aromatic N) is 2. The molecule has 0 saturated heterocycles. The minimum atomic E-state index is -3.76. The molecule has 0 bridgehead atoms. The third-order valence-electron chi connectivity index (χ3n) is 5.68. The zero-order valence-electron chi connectivity index (χ0n) is 20.2. The lowest BCUT2D eigenvalue weighted by Crippen LogP contribution is -2.52. The van der Waals surface area contributed by atoms with E-state index in [9.17, 15) is 18.0 Å². The van der Waals surface area contributed by atoms with E-state index in [1.54, 1.807) is 18.2 Å². The lowest BCUT2D eigenvalue weighted by atomic mass is 10.0. The summed E-state index contributed by atoms with van der Waals surface area (Å²) in [6, 6.07) is 24.9. The van der Waals surface area contributed by atoms with Crippen LogP contribution in [0.2, 0.25) is 0 Å². The van der Waals surface area contributed by atoms with E-state index in [2.05, 4.69) is 5.32 Å². The Kier molecular flexibility index (Phi) is 8.65. The van der Waals surface area contributed by atoms with Crippen molar-refractivity contribution in [1.82, 2.24) is 10.2 Å². The first-order chi connectivity index (χ1) is 16.7. The molecule has 184 valence electrons. The van der Waals surface area contributed by atoms with Crippen LogP contribution in [-0.2, 0) is 32.6 Å². The summed E-state index contributed by atoms with van der Waals surface area (Å²) in [5, 5.41) is 2.66. The molecule has 8 heteroatoms. The van der Waals surface area contributed by atoms with Gasteiger partial charge in [-0.15, -0.1) is 0 Å². The van der Waals surface area contributed by atoms with Crippen LogP contribution in [0.4, 0.5) is 5.69 Å². The number of hydrogen-bond donors (Lipinski definition) is 1. The first kappa shape index (κ1) is 26.0. The fourth-order valence-corrected chi connectivity index (χ4v) is 4.74. The molecule has 0 radical (unpaired) electrons. The molecule has 0 aromatic heterocycles. The van der Waals surface area contributed by atoms with Crippen LogP contribution >= 0.6 is 0 Å². The lowest BCUT2D eigenvalue weighted by Gasteiger charge is -2.33. The summed E-state index contributed by atoms with van der Waals surface area (Å²) in [5.41, 5.74) is 3.01. The van der Waals surface area contributed by atoms with E-state index in [4.69, 9.17) is 0 Å². The van der Waals surface area contributed by atoms with Gasteiger partial charge in [-0.05, 0) is 35.7 Å². The molecule has 0 aliphatic carbocycles. The van der Waals surface area contributed by atoms with Crippen molar-refractivity contribution in [3.63, 3.8) is 0 Å². The van der Waals surface area contributed by atoms with Crippen LogP contribution in [0.25, 0.3) is 0 Å². The number of benzene rings is 3. The van der Waals surface area contributed by atoms with E-state index in [1.807, 2.05) is 73.7 Å². The van der Waals surface area contributed by atoms with E-state index in [0.29, 0.717) is 12.1 Å². The summed E-state index contributed by atoms with van der Waals surface area (Å²) >= 11 is 0. The predicted octanol–water partition coefficient (Wildman–Crippen LogP) is 3.15. The van der Waals surface area contributed by atoms with E-state index >= 15 is 0 Å². The van der Waals surface area contributed by atoms with Gasteiger partial charge in [0.05, 0.1) is 11.9 Å². The first-order valence-electron chi connectivity index (χ1n) is 11.3. The highest BCUT2D eigenvalue weighted by Crippen LogP contribution is 2.21. The molecule has 0 spiro atoms. The van der Waals surface area contributed by atoms with Crippen LogP contribution in [0.15, 0.2) is 84.9 Å². The number of nitrogens with one attached hydrogen (secondary N) is 1. The number of carbonyl (C=O) groups excluding carboxylic acids is 2. The Hall–Kier alpha value is -3.65. The highest BCUT2D eigenvalue weighted by atomic mass is 32.2. The van der Waals surface area contributed by atoms with Crippen molar-refractivity contribution in [3.8, 4) is 0 Å². The minimum Gasteiger partial charge on any atom is -0.357 e. The van der Waals surface area contributed by atoms with Crippen molar-refractivity contribution < 1.29 is 18.0 Å². The smallest absolute Gasteiger partial charge is 0.244 e. The maximum atomic E-state index is 13.8. The van der Waals surface area contributed by atoms with Crippen molar-refractivity contribution in [1.29, 1.82) is 0 Å². The number of sulfonamides is 1. The quantitative estimate of drug-likeness (QED) is 0.470. The van der Waals surface area contributed by atoms with Crippen LogP contribution in [0.1, 0.15) is 16.7 Å². The number of likely N-dealkylation sites (N-methyl/N-ethyl adjacent to an activating group) is 1. The second-order valence-electron chi connectivity index (χ2n) is 8.44. The topological polar surface area (TPSA) is 86.8 Å². The van der Waals surface area contributed by atoms with E-state index in [1.165, 1.54) is 11.9 Å². The summed E-state index contributed by atoms with van der Waals surface area (Å²) in [4.78, 5) is 28.2. The lowest BCUT2D eigenvalue weighted by molar-refractivity contribution is -0.139. The van der Waals surface area contributed by atoms with E-state index in [-0.39, 0.29) is 12.5 Å². The van der Waals surface area contributed by atoms with Gasteiger partial charge in [-0.2, -0.15) is 0 Å². The van der Waals surface area contributed by atoms with Gasteiger partial charge < -0.3 is 10.2 Å². The number of anilines is 1. The molecule has 1 N–H and O–H groups in total. The number of carbonyl (C=O) groups is 2. The van der Waals surface area contributed by atoms with Crippen molar-refractivity contribution in [2.45, 2.75) is 25.9 Å². The summed E-state index contributed by atoms with van der Waals surface area (Å²) < 4.78 is 26.5. The van der Waals surface area contributed by atoms with Crippen molar-refractivity contribution in [3.05, 3.63) is 102 Å². The Morgan fingerprint density at radius 1 is 0.886 bits per heavy atom. The Bertz CT molecular complexity index is 1250. The average Bonchev–Trinajstić information content (AvgIpc) is 2.84. The van der Waals surface area contributed by atoms with Crippen LogP contribution < -0.4 is 9.62 Å². The van der Waals surface area contributed by atoms with Crippen LogP contribution in [0, 0.1) is 6.92 Å². The molecule has 3 aromatic rings. The highest BCUT2D eigenvalue weighted by Gasteiger charge is 2.32. The predicted molar refractivity (Wildman–Crippen MR) is 138 cm³/mol. The number of hydrogen-bond acceptors (Lipinski definition) is 4. The molecule has 0 unspecified atom stereocenters. The molecule has 0 saturated carbocycles. The third-order valence-corrected chi connectivity index (χ3v) is 6.82. The maximum absolute atomic E-state index is 13.8. The molecular formula is C27H31N3O4S. The molecular weight excluding hydrogens is 462 g/mol. The average molecular weight is 494 g/mol. The monoisotopic (exact) mass is 493 g/mol. The van der Waals surface area contributed by atoms with Crippen molar-refractivity contribution in [2.75, 3.05) is 24.2 Å². The Labute approximate surface area is 207 Å². The fraction of sp³-hybridized carbons (Fsp3) is 0.259. The molecule has 35 heavy (non-hydrogen) atoms. The van der Waals surface area contributed by atoms with Crippen LogP contribution in [0.3, 0.4) is 0 Å². The van der Waals surface area contributed by atoms with Gasteiger partial charge in [0.1, 0.15) is 12.6 Å². The molecule has 0 aliphatic rings. The Morgan fingerprint density at radius 3 is 2.03 bits per heavy atom. The zero-order chi connectivity index (χ0) is 25.4. The number of amides is 2. The van der Waals surface area contributed by atoms with Gasteiger partial charge in [-0.3, -0.25) is 13.9 Å². The summed E-state index contributed by atoms with van der Waals surface area (Å²) in [6.07, 6.45) is 1.37. The van der Waals surface area contributed by atoms with E-state index < -0.39 is 28.5 Å². The van der Waals surface area contributed by atoms with Gasteiger partial charge in [-0.25, -0.2) is 8.42 Å². The maximum Gasteiger partial charge on any atom is 0.244 e. The van der Waals surface area contributed by atoms with Crippen LogP contribution in [-0.4, -0.2) is 51.0 Å². The Morgan fingerprint density at radius 2 is 1.49 bits per heavy atom. The fourth-order valence-electron chi connectivity index (χ4n) is 3.90. The minimum absolute atomic E-state index is 0.163. The second kappa shape index (κ2) is 11.7. The highest BCUT2D eigenvalue weighted by molar-refractivity contribution is 7.92. The normalized spacial score (nSPS) is 12.0. The molecule has 0 fully saturated rings. The molecule has 2 amide bonds.